The quantitative estimate of drug-likeness (QED) is 0.839. The number of amides is 1. The highest BCUT2D eigenvalue weighted by Crippen LogP contribution is 2.32. The Kier molecular flexibility index (Phi) is 5.97. The van der Waals surface area contributed by atoms with Crippen molar-refractivity contribution in [2.45, 2.75) is 6.18 Å². The number of likely N-dealkylation sites (N-methyl/N-ethyl adjacent to an activating group) is 1. The second-order valence-corrected chi connectivity index (χ2v) is 5.64. The molecule has 0 saturated heterocycles. The second kappa shape index (κ2) is 7.98. The number of nitrogens with zero attached hydrogens (tertiary/aromatic N) is 2. The molecule has 0 unspecified atom stereocenters. The predicted octanol–water partition coefficient (Wildman–Crippen LogP) is 3.14. The maximum Gasteiger partial charge on any atom is 0.434 e. The molecule has 1 aromatic heterocycles. The molecule has 0 aliphatic carbocycles. The van der Waals surface area contributed by atoms with Gasteiger partial charge in [-0.25, -0.2) is 4.98 Å². The van der Waals surface area contributed by atoms with Gasteiger partial charge in [-0.2, -0.15) is 13.2 Å². The van der Waals surface area contributed by atoms with Gasteiger partial charge in [0.2, 0.25) is 0 Å². The zero-order valence-electron chi connectivity index (χ0n) is 13.9. The molecule has 134 valence electrons. The van der Waals surface area contributed by atoms with Crippen LogP contribution in [0.4, 0.5) is 24.7 Å². The molecule has 2 N–H and O–H groups in total. The lowest BCUT2D eigenvalue weighted by Gasteiger charge is -2.15. The normalized spacial score (nSPS) is 11.4. The minimum Gasteiger partial charge on any atom is -0.351 e. The summed E-state index contributed by atoms with van der Waals surface area (Å²) in [4.78, 5) is 17.5. The standard InChI is InChI=1S/C17H19F3N4O/c1-24(2)11-10-21-16(25)13-8-9-14(23-15(13)17(18,19)20)22-12-6-4-3-5-7-12/h3-9H,10-11H2,1-2H3,(H,21,25)(H,22,23). The van der Waals surface area contributed by atoms with Gasteiger partial charge < -0.3 is 15.5 Å². The molecule has 0 fully saturated rings. The topological polar surface area (TPSA) is 57.3 Å². The van der Waals surface area contributed by atoms with Crippen LogP contribution in [0.25, 0.3) is 0 Å². The monoisotopic (exact) mass is 352 g/mol. The number of halogens is 3. The third-order valence-corrected chi connectivity index (χ3v) is 3.30. The van der Waals surface area contributed by atoms with Crippen LogP contribution in [0.5, 0.6) is 0 Å². The van der Waals surface area contributed by atoms with Crippen LogP contribution in [0.3, 0.4) is 0 Å². The van der Waals surface area contributed by atoms with Crippen LogP contribution in [-0.2, 0) is 6.18 Å². The molecule has 1 aromatic carbocycles. The Morgan fingerprint density at radius 1 is 1.12 bits per heavy atom. The molecule has 0 radical (unpaired) electrons. The molecule has 25 heavy (non-hydrogen) atoms. The van der Waals surface area contributed by atoms with E-state index in [4.69, 9.17) is 0 Å². The minimum absolute atomic E-state index is 0.0170. The molecular formula is C17H19F3N4O. The molecular weight excluding hydrogens is 333 g/mol. The molecule has 0 aliphatic heterocycles. The van der Waals surface area contributed by atoms with Crippen LogP contribution in [0, 0.1) is 0 Å². The zero-order chi connectivity index (χ0) is 18.4. The van der Waals surface area contributed by atoms with Crippen molar-refractivity contribution in [3.63, 3.8) is 0 Å². The Labute approximate surface area is 143 Å². The first-order valence-electron chi connectivity index (χ1n) is 7.60. The van der Waals surface area contributed by atoms with Crippen molar-refractivity contribution in [3.8, 4) is 0 Å². The third-order valence-electron chi connectivity index (χ3n) is 3.30. The van der Waals surface area contributed by atoms with Gasteiger partial charge in [-0.05, 0) is 38.4 Å². The molecule has 0 aliphatic rings. The summed E-state index contributed by atoms with van der Waals surface area (Å²) >= 11 is 0. The number of alkyl halides is 3. The number of hydrogen-bond donors (Lipinski definition) is 2. The average molecular weight is 352 g/mol. The predicted molar refractivity (Wildman–Crippen MR) is 89.9 cm³/mol. The first-order valence-corrected chi connectivity index (χ1v) is 7.60. The van der Waals surface area contributed by atoms with Gasteiger partial charge in [-0.3, -0.25) is 4.79 Å². The van der Waals surface area contributed by atoms with E-state index < -0.39 is 23.3 Å². The van der Waals surface area contributed by atoms with Crippen molar-refractivity contribution in [1.82, 2.24) is 15.2 Å². The summed E-state index contributed by atoms with van der Waals surface area (Å²) in [5, 5.41) is 5.26. The maximum absolute atomic E-state index is 13.3. The Morgan fingerprint density at radius 2 is 1.80 bits per heavy atom. The van der Waals surface area contributed by atoms with E-state index in [2.05, 4.69) is 15.6 Å². The van der Waals surface area contributed by atoms with Crippen molar-refractivity contribution >= 4 is 17.4 Å². The van der Waals surface area contributed by atoms with E-state index in [1.165, 1.54) is 6.07 Å². The van der Waals surface area contributed by atoms with Crippen molar-refractivity contribution in [3.05, 3.63) is 53.7 Å². The molecule has 1 amide bonds. The van der Waals surface area contributed by atoms with Crippen molar-refractivity contribution in [2.75, 3.05) is 32.5 Å². The van der Waals surface area contributed by atoms with Crippen LogP contribution < -0.4 is 10.6 Å². The summed E-state index contributed by atoms with van der Waals surface area (Å²) in [7, 11) is 3.61. The molecule has 2 rings (SSSR count). The highest BCUT2D eigenvalue weighted by atomic mass is 19.4. The Balaban J connectivity index is 2.23. The Morgan fingerprint density at radius 3 is 2.40 bits per heavy atom. The molecule has 2 aromatic rings. The van der Waals surface area contributed by atoms with Gasteiger partial charge in [0.25, 0.3) is 5.91 Å². The van der Waals surface area contributed by atoms with E-state index >= 15 is 0 Å². The van der Waals surface area contributed by atoms with Crippen LogP contribution >= 0.6 is 0 Å². The second-order valence-electron chi connectivity index (χ2n) is 5.64. The van der Waals surface area contributed by atoms with E-state index in [1.807, 2.05) is 4.90 Å². The number of aromatic nitrogens is 1. The summed E-state index contributed by atoms with van der Waals surface area (Å²) in [6, 6.07) is 11.2. The molecule has 0 atom stereocenters. The van der Waals surface area contributed by atoms with E-state index in [0.717, 1.165) is 6.07 Å². The van der Waals surface area contributed by atoms with Crippen LogP contribution in [0.15, 0.2) is 42.5 Å². The van der Waals surface area contributed by atoms with Gasteiger partial charge in [0.1, 0.15) is 5.82 Å². The number of carbonyl (C=O) groups is 1. The van der Waals surface area contributed by atoms with E-state index in [0.29, 0.717) is 12.2 Å². The largest absolute Gasteiger partial charge is 0.434 e. The van der Waals surface area contributed by atoms with Crippen molar-refractivity contribution in [2.24, 2.45) is 0 Å². The number of nitrogens with one attached hydrogen (secondary N) is 2. The summed E-state index contributed by atoms with van der Waals surface area (Å²) in [6.07, 6.45) is -4.73. The van der Waals surface area contributed by atoms with E-state index in [-0.39, 0.29) is 12.4 Å². The van der Waals surface area contributed by atoms with E-state index in [1.54, 1.807) is 44.4 Å². The number of para-hydroxylation sites is 1. The van der Waals surface area contributed by atoms with Crippen molar-refractivity contribution in [1.29, 1.82) is 0 Å². The highest BCUT2D eigenvalue weighted by molar-refractivity contribution is 5.95. The average Bonchev–Trinajstić information content (AvgIpc) is 2.54. The number of hydrogen-bond acceptors (Lipinski definition) is 4. The fourth-order valence-corrected chi connectivity index (χ4v) is 2.09. The summed E-state index contributed by atoms with van der Waals surface area (Å²) in [6.45, 7) is 0.765. The first kappa shape index (κ1) is 18.7. The molecule has 5 nitrogen and oxygen atoms in total. The smallest absolute Gasteiger partial charge is 0.351 e. The number of carbonyl (C=O) groups excluding carboxylic acids is 1. The summed E-state index contributed by atoms with van der Waals surface area (Å²) in [5.74, 6) is -0.781. The lowest BCUT2D eigenvalue weighted by Crippen LogP contribution is -2.33. The first-order chi connectivity index (χ1) is 11.8. The van der Waals surface area contributed by atoms with Gasteiger partial charge in [-0.1, -0.05) is 18.2 Å². The molecule has 1 heterocycles. The minimum atomic E-state index is -4.73. The lowest BCUT2D eigenvalue weighted by molar-refractivity contribution is -0.141. The van der Waals surface area contributed by atoms with Gasteiger partial charge in [0.15, 0.2) is 5.69 Å². The Hall–Kier alpha value is -2.61. The summed E-state index contributed by atoms with van der Waals surface area (Å²) in [5.41, 5.74) is -1.10. The fraction of sp³-hybridized carbons (Fsp3) is 0.294. The SMILES string of the molecule is CN(C)CCNC(=O)c1ccc(Nc2ccccc2)nc1C(F)(F)F. The fourth-order valence-electron chi connectivity index (χ4n) is 2.09. The Bertz CT molecular complexity index is 718. The third kappa shape index (κ3) is 5.46. The molecule has 0 saturated carbocycles. The summed E-state index contributed by atoms with van der Waals surface area (Å²) < 4.78 is 39.9. The van der Waals surface area contributed by atoms with Crippen LogP contribution in [0.1, 0.15) is 16.1 Å². The van der Waals surface area contributed by atoms with Crippen LogP contribution in [-0.4, -0.2) is 43.0 Å². The van der Waals surface area contributed by atoms with E-state index in [9.17, 15) is 18.0 Å². The van der Waals surface area contributed by atoms with Crippen LogP contribution in [0.2, 0.25) is 0 Å². The maximum atomic E-state index is 13.3. The molecule has 0 bridgehead atoms. The van der Waals surface area contributed by atoms with Gasteiger partial charge in [0, 0.05) is 18.8 Å². The number of pyridine rings is 1. The number of benzene rings is 1. The number of anilines is 2. The molecule has 0 spiro atoms. The van der Waals surface area contributed by atoms with Gasteiger partial charge in [-0.15, -0.1) is 0 Å². The number of rotatable bonds is 6. The van der Waals surface area contributed by atoms with Gasteiger partial charge in [0.05, 0.1) is 5.56 Å². The van der Waals surface area contributed by atoms with Crippen molar-refractivity contribution < 1.29 is 18.0 Å². The molecule has 8 heteroatoms. The highest BCUT2D eigenvalue weighted by Gasteiger charge is 2.37. The van der Waals surface area contributed by atoms with Gasteiger partial charge >= 0.3 is 6.18 Å². The lowest BCUT2D eigenvalue weighted by atomic mass is 10.1. The zero-order valence-corrected chi connectivity index (χ0v) is 13.9.